The molecule has 0 saturated heterocycles. The largest absolute Gasteiger partial charge is 0.502 e. The topological polar surface area (TPSA) is 98.3 Å². The summed E-state index contributed by atoms with van der Waals surface area (Å²) in [4.78, 5) is 10.2. The number of amides is 1. The number of anilines is 1. The van der Waals surface area contributed by atoms with Gasteiger partial charge in [-0.25, -0.2) is 8.42 Å². The number of hydrogen-bond donors (Lipinski definition) is 1. The summed E-state index contributed by atoms with van der Waals surface area (Å²) in [6.07, 6.45) is -4.49. The molecule has 0 unspecified atom stereocenters. The van der Waals surface area contributed by atoms with Crippen molar-refractivity contribution in [2.45, 2.75) is 16.6 Å². The molecular weight excluding hydrogens is 477 g/mol. The molecule has 0 bridgehead atoms. The second-order valence-electron chi connectivity index (χ2n) is 5.39. The van der Waals surface area contributed by atoms with E-state index in [4.69, 9.17) is 28.9 Å². The van der Waals surface area contributed by atoms with Gasteiger partial charge in [0.2, 0.25) is 0 Å². The number of primary amides is 1. The fourth-order valence-corrected chi connectivity index (χ4v) is 3.74. The van der Waals surface area contributed by atoms with E-state index in [0.29, 0.717) is 23.1 Å². The third-order valence-electron chi connectivity index (χ3n) is 3.47. The molecule has 0 radical (unpaired) electrons. The van der Waals surface area contributed by atoms with E-state index in [2.05, 4.69) is 5.10 Å². The maximum Gasteiger partial charge on any atom is 0.502 e. The highest BCUT2D eigenvalue weighted by Gasteiger charge is 2.50. The standard InChI is InChI=1S/C13H8Cl2F6N4O3S/c1-24(10-6(14)2-5(3-7(10)15)12(16,17)18)25-4-8(9(23-25)11(22)26)29(27,28)13(19,20)21/h2-4H,1H3,(H2,22,26). The number of halogens is 8. The van der Waals surface area contributed by atoms with Crippen molar-refractivity contribution in [3.8, 4) is 0 Å². The number of hydrogen-bond acceptors (Lipinski definition) is 5. The summed E-state index contributed by atoms with van der Waals surface area (Å²) in [5.41, 5.74) is -3.69. The van der Waals surface area contributed by atoms with Crippen LogP contribution >= 0.6 is 23.2 Å². The number of sulfone groups is 1. The Morgan fingerprint density at radius 3 is 2.00 bits per heavy atom. The molecular formula is C13H8Cl2F6N4O3S. The second kappa shape index (κ2) is 7.25. The number of benzene rings is 1. The van der Waals surface area contributed by atoms with Crippen LogP contribution in [0.3, 0.4) is 0 Å². The summed E-state index contributed by atoms with van der Waals surface area (Å²) in [6, 6.07) is 0.982. The summed E-state index contributed by atoms with van der Waals surface area (Å²) in [7, 11) is -4.98. The molecule has 0 aliphatic carbocycles. The number of nitrogens with two attached hydrogens (primary N) is 1. The molecule has 0 spiro atoms. The van der Waals surface area contributed by atoms with Gasteiger partial charge in [0.1, 0.15) is 4.90 Å². The first-order valence-corrected chi connectivity index (χ1v) is 9.23. The zero-order valence-corrected chi connectivity index (χ0v) is 16.1. The minimum absolute atomic E-state index is 0.299. The van der Waals surface area contributed by atoms with Gasteiger partial charge in [0.15, 0.2) is 5.69 Å². The average molecular weight is 485 g/mol. The molecule has 1 amide bonds. The molecule has 7 nitrogen and oxygen atoms in total. The minimum atomic E-state index is -6.02. The zero-order valence-electron chi connectivity index (χ0n) is 13.8. The number of rotatable bonds is 4. The van der Waals surface area contributed by atoms with Crippen LogP contribution in [0.2, 0.25) is 10.0 Å². The highest BCUT2D eigenvalue weighted by molar-refractivity contribution is 7.92. The van der Waals surface area contributed by atoms with E-state index in [1.807, 2.05) is 0 Å². The van der Waals surface area contributed by atoms with Gasteiger partial charge < -0.3 is 5.73 Å². The molecule has 160 valence electrons. The maximum atomic E-state index is 12.8. The van der Waals surface area contributed by atoms with E-state index >= 15 is 0 Å². The maximum absolute atomic E-state index is 12.8. The quantitative estimate of drug-likeness (QED) is 0.669. The van der Waals surface area contributed by atoms with Gasteiger partial charge in [0.25, 0.3) is 15.7 Å². The lowest BCUT2D eigenvalue weighted by Gasteiger charge is -2.22. The first-order chi connectivity index (χ1) is 13.0. The molecule has 2 aromatic rings. The minimum Gasteiger partial charge on any atom is -0.364 e. The fourth-order valence-electron chi connectivity index (χ4n) is 2.13. The fraction of sp³-hybridized carbons (Fsp3) is 0.231. The van der Waals surface area contributed by atoms with Gasteiger partial charge in [0, 0.05) is 7.05 Å². The molecule has 0 atom stereocenters. The van der Waals surface area contributed by atoms with Crippen molar-refractivity contribution in [3.63, 3.8) is 0 Å². The van der Waals surface area contributed by atoms with Crippen LogP contribution in [0.25, 0.3) is 0 Å². The number of carbonyl (C=O) groups excluding carboxylic acids is 1. The van der Waals surface area contributed by atoms with Crippen molar-refractivity contribution in [3.05, 3.63) is 39.6 Å². The number of carbonyl (C=O) groups is 1. The lowest BCUT2D eigenvalue weighted by atomic mass is 10.2. The molecule has 2 N–H and O–H groups in total. The Morgan fingerprint density at radius 1 is 1.14 bits per heavy atom. The second-order valence-corrected chi connectivity index (χ2v) is 8.11. The molecule has 1 heterocycles. The highest BCUT2D eigenvalue weighted by atomic mass is 35.5. The van der Waals surface area contributed by atoms with Gasteiger partial charge in [-0.1, -0.05) is 23.2 Å². The van der Waals surface area contributed by atoms with E-state index in [9.17, 15) is 39.6 Å². The summed E-state index contributed by atoms with van der Waals surface area (Å²) < 4.78 is 100. The van der Waals surface area contributed by atoms with Gasteiger partial charge in [-0.2, -0.15) is 31.1 Å². The number of aromatic nitrogens is 2. The van der Waals surface area contributed by atoms with Crippen LogP contribution in [-0.4, -0.2) is 36.8 Å². The van der Waals surface area contributed by atoms with Crippen LogP contribution in [-0.2, 0) is 16.0 Å². The van der Waals surface area contributed by atoms with Crippen molar-refractivity contribution in [2.75, 3.05) is 12.1 Å². The Kier molecular flexibility index (Phi) is 5.77. The molecule has 29 heavy (non-hydrogen) atoms. The molecule has 0 aliphatic rings. The van der Waals surface area contributed by atoms with Crippen molar-refractivity contribution < 1.29 is 39.6 Å². The SMILES string of the molecule is CN(c1c(Cl)cc(C(F)(F)F)cc1Cl)n1cc(S(=O)(=O)C(F)(F)F)c(C(N)=O)n1. The van der Waals surface area contributed by atoms with Crippen LogP contribution in [0.1, 0.15) is 16.1 Å². The Hall–Kier alpha value is -2.19. The average Bonchev–Trinajstić information content (AvgIpc) is 2.98. The predicted octanol–water partition coefficient (Wildman–Crippen LogP) is 3.50. The third kappa shape index (κ3) is 4.23. The monoisotopic (exact) mass is 484 g/mol. The van der Waals surface area contributed by atoms with Gasteiger partial charge in [-0.05, 0) is 12.1 Å². The molecule has 0 saturated carbocycles. The smallest absolute Gasteiger partial charge is 0.364 e. The van der Waals surface area contributed by atoms with E-state index in [1.54, 1.807) is 0 Å². The lowest BCUT2D eigenvalue weighted by molar-refractivity contribution is -0.137. The van der Waals surface area contributed by atoms with Crippen molar-refractivity contribution in [1.82, 2.24) is 9.89 Å². The van der Waals surface area contributed by atoms with Gasteiger partial charge >= 0.3 is 11.7 Å². The lowest BCUT2D eigenvalue weighted by Crippen LogP contribution is -2.27. The summed E-state index contributed by atoms with van der Waals surface area (Å²) >= 11 is 11.6. The zero-order chi connectivity index (χ0) is 22.5. The molecule has 0 aliphatic heterocycles. The molecule has 16 heteroatoms. The van der Waals surface area contributed by atoms with E-state index < -0.39 is 53.6 Å². The highest BCUT2D eigenvalue weighted by Crippen LogP contribution is 2.40. The first-order valence-electron chi connectivity index (χ1n) is 6.99. The van der Waals surface area contributed by atoms with E-state index in [0.717, 1.165) is 12.1 Å². The van der Waals surface area contributed by atoms with Crippen LogP contribution in [0.5, 0.6) is 0 Å². The van der Waals surface area contributed by atoms with Gasteiger partial charge in [0.05, 0.1) is 27.5 Å². The van der Waals surface area contributed by atoms with Crippen LogP contribution in [0, 0.1) is 0 Å². The number of nitrogens with zero attached hydrogens (tertiary/aromatic N) is 3. The summed E-state index contributed by atoms with van der Waals surface area (Å²) in [6.45, 7) is 0. The predicted molar refractivity (Wildman–Crippen MR) is 89.3 cm³/mol. The Balaban J connectivity index is 2.66. The molecule has 1 aromatic carbocycles. The van der Waals surface area contributed by atoms with Crippen LogP contribution in [0.4, 0.5) is 32.0 Å². The van der Waals surface area contributed by atoms with Crippen molar-refractivity contribution >= 4 is 44.6 Å². The van der Waals surface area contributed by atoms with E-state index in [-0.39, 0.29) is 5.69 Å². The van der Waals surface area contributed by atoms with Crippen molar-refractivity contribution in [1.29, 1.82) is 0 Å². The third-order valence-corrected chi connectivity index (χ3v) is 5.53. The molecule has 2 rings (SSSR count). The number of alkyl halides is 6. The normalized spacial score (nSPS) is 12.9. The van der Waals surface area contributed by atoms with Gasteiger partial charge in [-0.15, -0.1) is 5.10 Å². The molecule has 0 fully saturated rings. The Morgan fingerprint density at radius 2 is 1.62 bits per heavy atom. The van der Waals surface area contributed by atoms with Crippen LogP contribution in [0.15, 0.2) is 23.2 Å². The summed E-state index contributed by atoms with van der Waals surface area (Å²) in [5.74, 6) is -1.59. The summed E-state index contributed by atoms with van der Waals surface area (Å²) in [5, 5.41) is 2.94. The Bertz CT molecular complexity index is 1060. The molecule has 1 aromatic heterocycles. The van der Waals surface area contributed by atoms with Gasteiger partial charge in [-0.3, -0.25) is 9.80 Å². The van der Waals surface area contributed by atoms with Crippen LogP contribution < -0.4 is 10.7 Å². The van der Waals surface area contributed by atoms with E-state index in [1.165, 1.54) is 0 Å². The first kappa shape index (κ1) is 23.1. The Labute approximate surface area is 168 Å². The van der Waals surface area contributed by atoms with Crippen molar-refractivity contribution in [2.24, 2.45) is 5.73 Å².